The predicted molar refractivity (Wildman–Crippen MR) is 86.8 cm³/mol. The van der Waals surface area contributed by atoms with Crippen LogP contribution in [0.25, 0.3) is 0 Å². The molecule has 1 saturated heterocycles. The topological polar surface area (TPSA) is 77.9 Å². The van der Waals surface area contributed by atoms with E-state index in [0.717, 1.165) is 4.90 Å². The molecule has 1 N–H and O–H groups in total. The van der Waals surface area contributed by atoms with Crippen molar-refractivity contribution in [2.75, 3.05) is 18.5 Å². The standard InChI is InChI=1S/C15H16Cl2N2O4/c1-8(15(22)23)18(2)13(20)10-5-6-19(14(10)21)9-3-4-11(16)12(17)7-9/h3-4,7-8,10H,5-6H2,1-2H3,(H,22,23). The second-order valence-corrected chi connectivity index (χ2v) is 6.21. The maximum absolute atomic E-state index is 12.5. The minimum Gasteiger partial charge on any atom is -0.480 e. The molecule has 6 nitrogen and oxygen atoms in total. The molecule has 0 saturated carbocycles. The summed E-state index contributed by atoms with van der Waals surface area (Å²) < 4.78 is 0. The molecule has 2 amide bonds. The Hall–Kier alpha value is -1.79. The molecule has 2 rings (SSSR count). The van der Waals surface area contributed by atoms with Gasteiger partial charge in [-0.25, -0.2) is 4.79 Å². The Labute approximate surface area is 143 Å². The van der Waals surface area contributed by atoms with Crippen LogP contribution in [0.1, 0.15) is 13.3 Å². The molecule has 0 aromatic heterocycles. The first-order valence-electron chi connectivity index (χ1n) is 7.00. The van der Waals surface area contributed by atoms with Gasteiger partial charge in [0.15, 0.2) is 0 Å². The number of halogens is 2. The number of rotatable bonds is 4. The fourth-order valence-electron chi connectivity index (χ4n) is 2.42. The largest absolute Gasteiger partial charge is 0.480 e. The summed E-state index contributed by atoms with van der Waals surface area (Å²) in [4.78, 5) is 38.4. The zero-order chi connectivity index (χ0) is 17.3. The summed E-state index contributed by atoms with van der Waals surface area (Å²) in [5, 5.41) is 9.68. The number of nitrogens with zero attached hydrogens (tertiary/aromatic N) is 2. The van der Waals surface area contributed by atoms with E-state index in [1.807, 2.05) is 0 Å². The van der Waals surface area contributed by atoms with E-state index in [2.05, 4.69) is 0 Å². The van der Waals surface area contributed by atoms with Crippen LogP contribution in [0.5, 0.6) is 0 Å². The fraction of sp³-hybridized carbons (Fsp3) is 0.400. The quantitative estimate of drug-likeness (QED) is 0.837. The predicted octanol–water partition coefficient (Wildman–Crippen LogP) is 2.28. The van der Waals surface area contributed by atoms with Gasteiger partial charge in [-0.2, -0.15) is 0 Å². The maximum atomic E-state index is 12.5. The summed E-state index contributed by atoms with van der Waals surface area (Å²) in [6, 6.07) is 3.82. The van der Waals surface area contributed by atoms with Gasteiger partial charge in [-0.1, -0.05) is 23.2 Å². The lowest BCUT2D eigenvalue weighted by molar-refractivity contribution is -0.151. The van der Waals surface area contributed by atoms with Crippen molar-refractivity contribution in [2.45, 2.75) is 19.4 Å². The van der Waals surface area contributed by atoms with Gasteiger partial charge < -0.3 is 14.9 Å². The second-order valence-electron chi connectivity index (χ2n) is 5.39. The lowest BCUT2D eigenvalue weighted by Crippen LogP contribution is -2.45. The van der Waals surface area contributed by atoms with Crippen molar-refractivity contribution in [1.82, 2.24) is 4.90 Å². The molecule has 0 spiro atoms. The molecule has 2 unspecified atom stereocenters. The second kappa shape index (κ2) is 6.76. The third-order valence-electron chi connectivity index (χ3n) is 4.00. The van der Waals surface area contributed by atoms with E-state index in [1.54, 1.807) is 18.2 Å². The van der Waals surface area contributed by atoms with E-state index in [1.165, 1.54) is 18.9 Å². The zero-order valence-electron chi connectivity index (χ0n) is 12.6. The molecule has 1 aliphatic heterocycles. The lowest BCUT2D eigenvalue weighted by Gasteiger charge is -2.24. The van der Waals surface area contributed by atoms with E-state index in [4.69, 9.17) is 28.3 Å². The zero-order valence-corrected chi connectivity index (χ0v) is 14.1. The van der Waals surface area contributed by atoms with Gasteiger partial charge in [-0.3, -0.25) is 9.59 Å². The Morgan fingerprint density at radius 1 is 1.35 bits per heavy atom. The highest BCUT2D eigenvalue weighted by Gasteiger charge is 2.40. The Balaban J connectivity index is 2.16. The average Bonchev–Trinajstić information content (AvgIpc) is 2.89. The van der Waals surface area contributed by atoms with Crippen LogP contribution in [0.15, 0.2) is 18.2 Å². The summed E-state index contributed by atoms with van der Waals surface area (Å²) in [7, 11) is 1.39. The van der Waals surface area contributed by atoms with Crippen LogP contribution in [-0.2, 0) is 14.4 Å². The Bertz CT molecular complexity index is 665. The number of carbonyl (C=O) groups is 3. The van der Waals surface area contributed by atoms with Crippen molar-refractivity contribution in [1.29, 1.82) is 0 Å². The number of carbonyl (C=O) groups excluding carboxylic acids is 2. The monoisotopic (exact) mass is 358 g/mol. The highest BCUT2D eigenvalue weighted by molar-refractivity contribution is 6.42. The van der Waals surface area contributed by atoms with Gasteiger partial charge in [0.2, 0.25) is 11.8 Å². The number of hydrogen-bond donors (Lipinski definition) is 1. The number of anilines is 1. The first-order chi connectivity index (χ1) is 10.7. The molecule has 1 aliphatic rings. The maximum Gasteiger partial charge on any atom is 0.326 e. The van der Waals surface area contributed by atoms with E-state index in [0.29, 0.717) is 28.7 Å². The van der Waals surface area contributed by atoms with Crippen LogP contribution < -0.4 is 4.90 Å². The van der Waals surface area contributed by atoms with Crippen molar-refractivity contribution >= 4 is 46.7 Å². The number of carboxylic acids is 1. The molecular formula is C15H16Cl2N2O4. The van der Waals surface area contributed by atoms with Gasteiger partial charge in [-0.15, -0.1) is 0 Å². The van der Waals surface area contributed by atoms with Gasteiger partial charge in [0, 0.05) is 19.3 Å². The van der Waals surface area contributed by atoms with Crippen LogP contribution in [0.4, 0.5) is 5.69 Å². The number of benzene rings is 1. The number of hydrogen-bond acceptors (Lipinski definition) is 3. The molecule has 8 heteroatoms. The Morgan fingerprint density at radius 3 is 2.57 bits per heavy atom. The van der Waals surface area contributed by atoms with Crippen molar-refractivity contribution in [3.8, 4) is 0 Å². The van der Waals surface area contributed by atoms with Crippen molar-refractivity contribution < 1.29 is 19.5 Å². The molecule has 0 aliphatic carbocycles. The molecule has 1 heterocycles. The molecular weight excluding hydrogens is 343 g/mol. The van der Waals surface area contributed by atoms with Crippen molar-refractivity contribution in [3.05, 3.63) is 28.2 Å². The molecule has 0 bridgehead atoms. The minimum atomic E-state index is -1.12. The van der Waals surface area contributed by atoms with Crippen LogP contribution >= 0.6 is 23.2 Å². The normalized spacial score (nSPS) is 18.9. The molecule has 2 atom stereocenters. The molecule has 124 valence electrons. The van der Waals surface area contributed by atoms with Crippen LogP contribution in [0, 0.1) is 5.92 Å². The van der Waals surface area contributed by atoms with Crippen LogP contribution in [0.2, 0.25) is 10.0 Å². The van der Waals surface area contributed by atoms with Crippen molar-refractivity contribution in [2.24, 2.45) is 5.92 Å². The smallest absolute Gasteiger partial charge is 0.326 e. The summed E-state index contributed by atoms with van der Waals surface area (Å²) >= 11 is 11.8. The van der Waals surface area contributed by atoms with Gasteiger partial charge >= 0.3 is 5.97 Å². The lowest BCUT2D eigenvalue weighted by atomic mass is 10.1. The third-order valence-corrected chi connectivity index (χ3v) is 4.74. The summed E-state index contributed by atoms with van der Waals surface area (Å²) in [5.74, 6) is -2.85. The number of likely N-dealkylation sites (N-methyl/N-ethyl adjacent to an activating group) is 1. The fourth-order valence-corrected chi connectivity index (χ4v) is 2.71. The molecule has 23 heavy (non-hydrogen) atoms. The van der Waals surface area contributed by atoms with E-state index in [9.17, 15) is 14.4 Å². The first kappa shape index (κ1) is 17.6. The first-order valence-corrected chi connectivity index (χ1v) is 7.75. The van der Waals surface area contributed by atoms with Crippen LogP contribution in [0.3, 0.4) is 0 Å². The van der Waals surface area contributed by atoms with E-state index < -0.39 is 23.8 Å². The molecule has 1 aromatic carbocycles. The summed E-state index contributed by atoms with van der Waals surface area (Å²) in [6.07, 6.45) is 0.328. The Kier molecular flexibility index (Phi) is 5.16. The molecule has 1 fully saturated rings. The van der Waals surface area contributed by atoms with Gasteiger partial charge in [0.1, 0.15) is 12.0 Å². The summed E-state index contributed by atoms with van der Waals surface area (Å²) in [5.41, 5.74) is 0.564. The van der Waals surface area contributed by atoms with Crippen LogP contribution in [-0.4, -0.2) is 47.4 Å². The Morgan fingerprint density at radius 2 is 2.00 bits per heavy atom. The van der Waals surface area contributed by atoms with Gasteiger partial charge in [0.25, 0.3) is 0 Å². The molecule has 1 aromatic rings. The number of carboxylic acid groups (broad SMARTS) is 1. The SMILES string of the molecule is CC(C(=O)O)N(C)C(=O)C1CCN(c2ccc(Cl)c(Cl)c2)C1=O. The molecule has 0 radical (unpaired) electrons. The van der Waals surface area contributed by atoms with Crippen molar-refractivity contribution in [3.63, 3.8) is 0 Å². The summed E-state index contributed by atoms with van der Waals surface area (Å²) in [6.45, 7) is 1.76. The highest BCUT2D eigenvalue weighted by Crippen LogP contribution is 2.31. The number of amides is 2. The van der Waals surface area contributed by atoms with Gasteiger partial charge in [-0.05, 0) is 31.5 Å². The average molecular weight is 359 g/mol. The highest BCUT2D eigenvalue weighted by atomic mass is 35.5. The van der Waals surface area contributed by atoms with E-state index >= 15 is 0 Å². The van der Waals surface area contributed by atoms with E-state index in [-0.39, 0.29) is 5.91 Å². The third kappa shape index (κ3) is 3.43. The minimum absolute atomic E-state index is 0.323. The number of aliphatic carboxylic acids is 1. The van der Waals surface area contributed by atoms with Gasteiger partial charge in [0.05, 0.1) is 10.0 Å².